The molecular formula is C25H18ClIN2O4. The third-order valence-electron chi connectivity index (χ3n) is 5.06. The minimum Gasteiger partial charge on any atom is -0.423 e. The number of carbonyl (C=O) groups excluding carboxylic acids is 3. The molecule has 0 fully saturated rings. The van der Waals surface area contributed by atoms with Crippen LogP contribution in [-0.2, 0) is 16.0 Å². The number of ether oxygens (including phenoxy) is 1. The molecule has 1 heterocycles. The van der Waals surface area contributed by atoms with Crippen LogP contribution in [0.25, 0.3) is 0 Å². The van der Waals surface area contributed by atoms with Crippen molar-refractivity contribution in [1.29, 1.82) is 0 Å². The van der Waals surface area contributed by atoms with E-state index in [9.17, 15) is 14.4 Å². The predicted molar refractivity (Wildman–Crippen MR) is 135 cm³/mol. The SMILES string of the molecule is CCc1ccccc1OC(=O)c1ccc(NC2=C(Cl)C(=O)N(c3ccc(I)cc3)C2=O)cc1. The first kappa shape index (κ1) is 23.0. The normalized spacial score (nSPS) is 13.5. The van der Waals surface area contributed by atoms with E-state index in [4.69, 9.17) is 16.3 Å². The summed E-state index contributed by atoms with van der Waals surface area (Å²) in [5.41, 5.74) is 2.20. The lowest BCUT2D eigenvalue weighted by Crippen LogP contribution is -2.32. The molecule has 3 aromatic rings. The molecule has 1 aliphatic rings. The smallest absolute Gasteiger partial charge is 0.343 e. The van der Waals surface area contributed by atoms with Gasteiger partial charge in [-0.3, -0.25) is 9.59 Å². The van der Waals surface area contributed by atoms with Crippen molar-refractivity contribution in [3.8, 4) is 5.75 Å². The van der Waals surface area contributed by atoms with Gasteiger partial charge in [0.15, 0.2) is 0 Å². The van der Waals surface area contributed by atoms with Crippen LogP contribution in [0.4, 0.5) is 11.4 Å². The summed E-state index contributed by atoms with van der Waals surface area (Å²) in [4.78, 5) is 39.0. The van der Waals surface area contributed by atoms with Crippen LogP contribution in [-0.4, -0.2) is 17.8 Å². The first-order valence-electron chi connectivity index (χ1n) is 10.1. The van der Waals surface area contributed by atoms with Crippen molar-refractivity contribution in [3.63, 3.8) is 0 Å². The lowest BCUT2D eigenvalue weighted by Gasteiger charge is -2.15. The molecule has 8 heteroatoms. The summed E-state index contributed by atoms with van der Waals surface area (Å²) in [7, 11) is 0. The van der Waals surface area contributed by atoms with E-state index < -0.39 is 17.8 Å². The Kier molecular flexibility index (Phi) is 6.80. The first-order chi connectivity index (χ1) is 15.9. The second kappa shape index (κ2) is 9.76. The zero-order valence-corrected chi connectivity index (χ0v) is 20.4. The zero-order valence-electron chi connectivity index (χ0n) is 17.5. The molecular weight excluding hydrogens is 555 g/mol. The minimum atomic E-state index is -0.597. The number of benzene rings is 3. The number of aryl methyl sites for hydroxylation is 1. The molecule has 1 aliphatic heterocycles. The van der Waals surface area contributed by atoms with Crippen molar-refractivity contribution in [2.75, 3.05) is 10.2 Å². The van der Waals surface area contributed by atoms with Crippen LogP contribution in [0.1, 0.15) is 22.8 Å². The molecule has 166 valence electrons. The Labute approximate surface area is 209 Å². The van der Waals surface area contributed by atoms with Crippen LogP contribution < -0.4 is 15.0 Å². The number of hydrogen-bond acceptors (Lipinski definition) is 5. The average Bonchev–Trinajstić information content (AvgIpc) is 3.03. The van der Waals surface area contributed by atoms with E-state index in [1.807, 2.05) is 25.1 Å². The molecule has 0 radical (unpaired) electrons. The maximum atomic E-state index is 12.9. The maximum absolute atomic E-state index is 12.9. The number of halogens is 2. The van der Waals surface area contributed by atoms with Crippen LogP contribution in [0, 0.1) is 3.57 Å². The second-order valence-electron chi connectivity index (χ2n) is 7.16. The number of para-hydroxylation sites is 1. The van der Waals surface area contributed by atoms with E-state index in [0.717, 1.165) is 20.5 Å². The molecule has 2 amide bonds. The largest absolute Gasteiger partial charge is 0.423 e. The molecule has 0 aromatic heterocycles. The summed E-state index contributed by atoms with van der Waals surface area (Å²) in [5.74, 6) is -1.11. The maximum Gasteiger partial charge on any atom is 0.343 e. The van der Waals surface area contributed by atoms with E-state index in [1.165, 1.54) is 0 Å². The van der Waals surface area contributed by atoms with Crippen LogP contribution in [0.2, 0.25) is 0 Å². The molecule has 0 unspecified atom stereocenters. The van der Waals surface area contributed by atoms with E-state index >= 15 is 0 Å². The van der Waals surface area contributed by atoms with Crippen LogP contribution in [0.15, 0.2) is 83.5 Å². The highest BCUT2D eigenvalue weighted by atomic mass is 127. The molecule has 0 bridgehead atoms. The molecule has 1 N–H and O–H groups in total. The number of carbonyl (C=O) groups is 3. The molecule has 0 saturated carbocycles. The first-order valence-corrected chi connectivity index (χ1v) is 11.6. The molecule has 6 nitrogen and oxygen atoms in total. The van der Waals surface area contributed by atoms with E-state index in [-0.39, 0.29) is 10.7 Å². The van der Waals surface area contributed by atoms with Gasteiger partial charge in [0.1, 0.15) is 16.5 Å². The van der Waals surface area contributed by atoms with Gasteiger partial charge >= 0.3 is 5.97 Å². The van der Waals surface area contributed by atoms with Gasteiger partial charge in [-0.2, -0.15) is 0 Å². The Bertz CT molecular complexity index is 1270. The molecule has 0 atom stereocenters. The fraction of sp³-hybridized carbons (Fsp3) is 0.0800. The number of amides is 2. The Morgan fingerprint density at radius 1 is 0.970 bits per heavy atom. The minimum absolute atomic E-state index is 0.0209. The third kappa shape index (κ3) is 4.79. The van der Waals surface area contributed by atoms with Gasteiger partial charge in [0.2, 0.25) is 0 Å². The molecule has 0 saturated heterocycles. The second-order valence-corrected chi connectivity index (χ2v) is 8.79. The summed E-state index contributed by atoms with van der Waals surface area (Å²) >= 11 is 8.32. The number of imide groups is 1. The lowest BCUT2D eigenvalue weighted by atomic mass is 10.1. The van der Waals surface area contributed by atoms with E-state index in [2.05, 4.69) is 27.9 Å². The number of nitrogens with zero attached hydrogens (tertiary/aromatic N) is 1. The van der Waals surface area contributed by atoms with E-state index in [0.29, 0.717) is 22.7 Å². The highest BCUT2D eigenvalue weighted by Gasteiger charge is 2.38. The third-order valence-corrected chi connectivity index (χ3v) is 6.13. The molecule has 3 aromatic carbocycles. The fourth-order valence-electron chi connectivity index (χ4n) is 3.32. The Morgan fingerprint density at radius 2 is 1.64 bits per heavy atom. The van der Waals surface area contributed by atoms with Crippen molar-refractivity contribution in [2.24, 2.45) is 0 Å². The quantitative estimate of drug-likeness (QED) is 0.183. The number of hydrogen-bond donors (Lipinski definition) is 1. The van der Waals surface area contributed by atoms with Crippen molar-refractivity contribution in [1.82, 2.24) is 0 Å². The summed E-state index contributed by atoms with van der Waals surface area (Å²) in [6, 6.07) is 20.7. The van der Waals surface area contributed by atoms with Gasteiger partial charge in [0.25, 0.3) is 11.8 Å². The van der Waals surface area contributed by atoms with Crippen LogP contribution in [0.5, 0.6) is 5.75 Å². The van der Waals surface area contributed by atoms with Crippen LogP contribution >= 0.6 is 34.2 Å². The predicted octanol–water partition coefficient (Wildman–Crippen LogP) is 5.51. The van der Waals surface area contributed by atoms with Gasteiger partial charge in [-0.05, 0) is 89.2 Å². The number of rotatable bonds is 6. The van der Waals surface area contributed by atoms with Gasteiger partial charge in [0, 0.05) is 9.26 Å². The fourth-order valence-corrected chi connectivity index (χ4v) is 3.90. The van der Waals surface area contributed by atoms with Gasteiger partial charge in [-0.15, -0.1) is 0 Å². The van der Waals surface area contributed by atoms with Gasteiger partial charge < -0.3 is 10.1 Å². The van der Waals surface area contributed by atoms with Crippen LogP contribution in [0.3, 0.4) is 0 Å². The molecule has 0 spiro atoms. The molecule has 4 rings (SSSR count). The average molecular weight is 573 g/mol. The van der Waals surface area contributed by atoms with Crippen molar-refractivity contribution in [3.05, 3.63) is 98.2 Å². The van der Waals surface area contributed by atoms with Crippen molar-refractivity contribution < 1.29 is 19.1 Å². The summed E-state index contributed by atoms with van der Waals surface area (Å²) in [6.45, 7) is 1.99. The highest BCUT2D eigenvalue weighted by Crippen LogP contribution is 2.30. The summed E-state index contributed by atoms with van der Waals surface area (Å²) in [5, 5.41) is 2.70. The highest BCUT2D eigenvalue weighted by molar-refractivity contribution is 14.1. The summed E-state index contributed by atoms with van der Waals surface area (Å²) in [6.07, 6.45) is 0.744. The Morgan fingerprint density at radius 3 is 2.30 bits per heavy atom. The topological polar surface area (TPSA) is 75.7 Å². The number of nitrogens with one attached hydrogen (secondary N) is 1. The van der Waals surface area contributed by atoms with Gasteiger partial charge in [-0.25, -0.2) is 9.69 Å². The van der Waals surface area contributed by atoms with Crippen molar-refractivity contribution >= 4 is 63.4 Å². The number of esters is 1. The Balaban J connectivity index is 1.48. The monoisotopic (exact) mass is 572 g/mol. The molecule has 0 aliphatic carbocycles. The number of anilines is 2. The molecule has 33 heavy (non-hydrogen) atoms. The van der Waals surface area contributed by atoms with Crippen molar-refractivity contribution in [2.45, 2.75) is 13.3 Å². The zero-order chi connectivity index (χ0) is 23.5. The standard InChI is InChI=1S/C25H18ClIN2O4/c1-2-15-5-3-4-6-20(15)33-25(32)16-7-11-18(12-8-16)28-22-21(26)23(30)29(24(22)31)19-13-9-17(27)10-14-19/h3-14,28H,2H2,1H3. The van der Waals surface area contributed by atoms with E-state index in [1.54, 1.807) is 54.6 Å². The Hall–Kier alpha value is -3.17. The van der Waals surface area contributed by atoms with Gasteiger partial charge in [0.05, 0.1) is 11.3 Å². The van der Waals surface area contributed by atoms with Gasteiger partial charge in [-0.1, -0.05) is 36.7 Å². The lowest BCUT2D eigenvalue weighted by molar-refractivity contribution is -0.120. The summed E-state index contributed by atoms with van der Waals surface area (Å²) < 4.78 is 6.50.